The minimum Gasteiger partial charge on any atom is -0.494 e. The van der Waals surface area contributed by atoms with Crippen LogP contribution in [0.5, 0.6) is 11.5 Å². The lowest BCUT2D eigenvalue weighted by molar-refractivity contribution is -0.132. The van der Waals surface area contributed by atoms with Crippen LogP contribution in [0.25, 0.3) is 0 Å². The first-order valence-corrected chi connectivity index (χ1v) is 10.8. The van der Waals surface area contributed by atoms with Gasteiger partial charge < -0.3 is 24.0 Å². The summed E-state index contributed by atoms with van der Waals surface area (Å²) in [4.78, 5) is 40.0. The van der Waals surface area contributed by atoms with Crippen LogP contribution in [-0.4, -0.2) is 67.2 Å². The summed E-state index contributed by atoms with van der Waals surface area (Å²) >= 11 is 0. The van der Waals surface area contributed by atoms with Crippen molar-refractivity contribution in [1.29, 1.82) is 0 Å². The topological polar surface area (TPSA) is 85.4 Å². The second kappa shape index (κ2) is 11.7. The van der Waals surface area contributed by atoms with E-state index in [0.717, 1.165) is 5.75 Å². The third kappa shape index (κ3) is 6.73. The second-order valence-electron chi connectivity index (χ2n) is 7.25. The van der Waals surface area contributed by atoms with Crippen molar-refractivity contribution in [3.8, 4) is 11.5 Å². The Balaban J connectivity index is 1.39. The molecule has 1 fully saturated rings. The lowest BCUT2D eigenvalue weighted by Crippen LogP contribution is -2.50. The molecule has 0 saturated carbocycles. The zero-order chi connectivity index (χ0) is 22.8. The molecule has 8 nitrogen and oxygen atoms in total. The highest BCUT2D eigenvalue weighted by Gasteiger charge is 2.24. The molecule has 1 aliphatic rings. The molecular formula is C24H28N2O6. The predicted octanol–water partition coefficient (Wildman–Crippen LogP) is 3.37. The number of hydrogen-bond acceptors (Lipinski definition) is 6. The molecule has 1 aliphatic heterocycles. The summed E-state index contributed by atoms with van der Waals surface area (Å²) in [6.45, 7) is 4.38. The molecule has 2 aromatic rings. The van der Waals surface area contributed by atoms with E-state index in [4.69, 9.17) is 14.2 Å². The van der Waals surface area contributed by atoms with Gasteiger partial charge in [-0.05, 0) is 49.7 Å². The minimum atomic E-state index is -0.779. The van der Waals surface area contributed by atoms with Crippen molar-refractivity contribution < 1.29 is 28.6 Å². The third-order valence-electron chi connectivity index (χ3n) is 5.03. The third-order valence-corrected chi connectivity index (χ3v) is 5.03. The highest BCUT2D eigenvalue weighted by molar-refractivity contribution is 5.94. The van der Waals surface area contributed by atoms with Gasteiger partial charge >= 0.3 is 6.16 Å². The fourth-order valence-electron chi connectivity index (χ4n) is 3.34. The lowest BCUT2D eigenvalue weighted by atomic mass is 10.1. The molecule has 0 N–H and O–H groups in total. The van der Waals surface area contributed by atoms with Crippen LogP contribution in [0, 0.1) is 0 Å². The Kier molecular flexibility index (Phi) is 8.48. The van der Waals surface area contributed by atoms with Gasteiger partial charge in [0, 0.05) is 38.2 Å². The van der Waals surface area contributed by atoms with E-state index in [2.05, 4.69) is 0 Å². The number of rotatable bonds is 8. The van der Waals surface area contributed by atoms with Crippen LogP contribution in [0.4, 0.5) is 4.79 Å². The average Bonchev–Trinajstić information content (AvgIpc) is 2.82. The van der Waals surface area contributed by atoms with E-state index in [-0.39, 0.29) is 18.4 Å². The van der Waals surface area contributed by atoms with Crippen LogP contribution in [0.15, 0.2) is 54.6 Å². The number of piperazine rings is 1. The van der Waals surface area contributed by atoms with E-state index in [1.807, 2.05) is 30.3 Å². The van der Waals surface area contributed by atoms with Crippen molar-refractivity contribution in [3.05, 3.63) is 60.2 Å². The molecule has 1 heterocycles. The van der Waals surface area contributed by atoms with Crippen molar-refractivity contribution >= 4 is 18.0 Å². The number of benzene rings is 2. The molecule has 1 saturated heterocycles. The Bertz CT molecular complexity index is 892. The van der Waals surface area contributed by atoms with Crippen molar-refractivity contribution in [1.82, 2.24) is 9.80 Å². The van der Waals surface area contributed by atoms with E-state index in [1.165, 1.54) is 0 Å². The Morgan fingerprint density at radius 1 is 0.844 bits per heavy atom. The maximum Gasteiger partial charge on any atom is 0.513 e. The average molecular weight is 440 g/mol. The summed E-state index contributed by atoms with van der Waals surface area (Å²) in [6, 6.07) is 15.9. The number of ether oxygens (including phenoxy) is 3. The molecular weight excluding hydrogens is 412 g/mol. The Hall–Kier alpha value is -3.55. The van der Waals surface area contributed by atoms with Crippen molar-refractivity contribution in [2.45, 2.75) is 19.8 Å². The fraction of sp³-hybridized carbons (Fsp3) is 0.375. The summed E-state index contributed by atoms with van der Waals surface area (Å²) in [5, 5.41) is 0. The van der Waals surface area contributed by atoms with Gasteiger partial charge in [0.25, 0.3) is 5.91 Å². The molecule has 32 heavy (non-hydrogen) atoms. The Labute approximate surface area is 187 Å². The van der Waals surface area contributed by atoms with Crippen molar-refractivity contribution in [3.63, 3.8) is 0 Å². The number of nitrogens with zero attached hydrogens (tertiary/aromatic N) is 2. The van der Waals surface area contributed by atoms with Crippen LogP contribution in [-0.2, 0) is 9.53 Å². The summed E-state index contributed by atoms with van der Waals surface area (Å²) in [5.74, 6) is 1.07. The summed E-state index contributed by atoms with van der Waals surface area (Å²) in [5.41, 5.74) is 0.499. The highest BCUT2D eigenvalue weighted by atomic mass is 16.7. The normalized spacial score (nSPS) is 13.4. The van der Waals surface area contributed by atoms with E-state index in [1.54, 1.807) is 41.0 Å². The lowest BCUT2D eigenvalue weighted by Gasteiger charge is -2.35. The molecule has 0 bridgehead atoms. The maximum atomic E-state index is 12.7. The quantitative estimate of drug-likeness (QED) is 0.355. The first kappa shape index (κ1) is 23.1. The molecule has 0 aromatic heterocycles. The largest absolute Gasteiger partial charge is 0.513 e. The van der Waals surface area contributed by atoms with Gasteiger partial charge in [-0.15, -0.1) is 0 Å². The van der Waals surface area contributed by atoms with Gasteiger partial charge in [0.05, 0.1) is 13.2 Å². The zero-order valence-electron chi connectivity index (χ0n) is 18.2. The molecule has 0 aliphatic carbocycles. The number of amides is 2. The maximum absolute atomic E-state index is 12.7. The molecule has 8 heteroatoms. The number of carbonyl (C=O) groups is 3. The SMILES string of the molecule is CCOC(=O)Oc1ccc(C(=O)N2CCN(C(=O)CCCOc3ccccc3)CC2)cc1. The molecule has 0 unspecified atom stereocenters. The smallest absolute Gasteiger partial charge is 0.494 e. The van der Waals surface area contributed by atoms with Gasteiger partial charge in [-0.3, -0.25) is 9.59 Å². The number of para-hydroxylation sites is 1. The molecule has 2 aromatic carbocycles. The minimum absolute atomic E-state index is 0.0780. The Morgan fingerprint density at radius 2 is 1.50 bits per heavy atom. The van der Waals surface area contributed by atoms with Gasteiger partial charge in [0.15, 0.2) is 0 Å². The van der Waals surface area contributed by atoms with Crippen LogP contribution in [0.3, 0.4) is 0 Å². The Morgan fingerprint density at radius 3 is 2.16 bits per heavy atom. The van der Waals surface area contributed by atoms with E-state index >= 15 is 0 Å². The highest BCUT2D eigenvalue weighted by Crippen LogP contribution is 2.16. The molecule has 0 spiro atoms. The van der Waals surface area contributed by atoms with Crippen LogP contribution < -0.4 is 9.47 Å². The summed E-state index contributed by atoms with van der Waals surface area (Å²) in [7, 11) is 0. The van der Waals surface area contributed by atoms with Crippen LogP contribution in [0.1, 0.15) is 30.1 Å². The number of hydrogen-bond donors (Lipinski definition) is 0. The van der Waals surface area contributed by atoms with Gasteiger partial charge in [-0.25, -0.2) is 4.79 Å². The van der Waals surface area contributed by atoms with E-state index < -0.39 is 6.16 Å². The van der Waals surface area contributed by atoms with E-state index in [9.17, 15) is 14.4 Å². The van der Waals surface area contributed by atoms with Crippen molar-refractivity contribution in [2.24, 2.45) is 0 Å². The van der Waals surface area contributed by atoms with Gasteiger partial charge in [-0.2, -0.15) is 0 Å². The number of carbonyl (C=O) groups excluding carboxylic acids is 3. The predicted molar refractivity (Wildman–Crippen MR) is 118 cm³/mol. The first-order valence-electron chi connectivity index (χ1n) is 10.8. The molecule has 2 amide bonds. The standard InChI is InChI=1S/C24H28N2O6/c1-2-30-24(29)32-21-12-10-19(11-13-21)23(28)26-16-14-25(15-17-26)22(27)9-6-18-31-20-7-4-3-5-8-20/h3-5,7-8,10-13H,2,6,9,14-18H2,1H3. The van der Waals surface area contributed by atoms with E-state index in [0.29, 0.717) is 56.9 Å². The van der Waals surface area contributed by atoms with Crippen LogP contribution in [0.2, 0.25) is 0 Å². The molecule has 170 valence electrons. The molecule has 0 radical (unpaired) electrons. The van der Waals surface area contributed by atoms with Gasteiger partial charge in [-0.1, -0.05) is 18.2 Å². The van der Waals surface area contributed by atoms with Crippen molar-refractivity contribution in [2.75, 3.05) is 39.4 Å². The molecule has 3 rings (SSSR count). The monoisotopic (exact) mass is 440 g/mol. The first-order chi connectivity index (χ1) is 15.6. The van der Waals surface area contributed by atoms with Gasteiger partial charge in [0.1, 0.15) is 11.5 Å². The van der Waals surface area contributed by atoms with Crippen LogP contribution >= 0.6 is 0 Å². The second-order valence-corrected chi connectivity index (χ2v) is 7.25. The fourth-order valence-corrected chi connectivity index (χ4v) is 3.34. The molecule has 0 atom stereocenters. The summed E-state index contributed by atoms with van der Waals surface area (Å²) < 4.78 is 15.3. The van der Waals surface area contributed by atoms with Gasteiger partial charge in [0.2, 0.25) is 5.91 Å². The zero-order valence-corrected chi connectivity index (χ0v) is 18.2. The summed E-state index contributed by atoms with van der Waals surface area (Å²) in [6.07, 6.45) is 0.287.